The van der Waals surface area contributed by atoms with Gasteiger partial charge in [-0.15, -0.1) is 0 Å². The quantitative estimate of drug-likeness (QED) is 0.410. The van der Waals surface area contributed by atoms with Crippen LogP contribution in [0, 0.1) is 7.18 Å². The number of hydrogen-bond donors (Lipinski definition) is 0. The van der Waals surface area contributed by atoms with Gasteiger partial charge in [-0.1, -0.05) is 19.6 Å². The molecule has 0 bridgehead atoms. The Morgan fingerprint density at radius 2 is 1.14 bits per heavy atom. The van der Waals surface area contributed by atoms with Gasteiger partial charge in [-0.3, -0.25) is 0 Å². The van der Waals surface area contributed by atoms with E-state index < -0.39 is 0 Å². The molecule has 0 rings (SSSR count). The molecule has 0 saturated heterocycles. The van der Waals surface area contributed by atoms with E-state index in [9.17, 15) is 4.39 Å². The second-order valence-corrected chi connectivity index (χ2v) is 4.50. The Balaban J connectivity index is -0.0000000480. The molecule has 0 aromatic rings. The Kier molecular flexibility index (Phi) is 35.2. The van der Waals surface area contributed by atoms with Gasteiger partial charge in [0, 0.05) is 41.5 Å². The van der Waals surface area contributed by atoms with Crippen molar-refractivity contribution >= 4 is 8.80 Å². The molecule has 0 aliphatic heterocycles. The Bertz CT molecular complexity index is 16.4. The molecule has 7 heavy (non-hydrogen) atoms. The first-order valence-electron chi connectivity index (χ1n) is 1.77. The van der Waals surface area contributed by atoms with Crippen LogP contribution in [0.2, 0.25) is 19.6 Å². The van der Waals surface area contributed by atoms with Crippen LogP contribution >= 0.6 is 0 Å². The zero-order chi connectivity index (χ0) is 5.58. The SMILES string of the molecule is C[Si](C)C.[CH2-]F.[Y]. The third kappa shape index (κ3) is 128. The molecule has 0 amide bonds. The predicted molar refractivity (Wildman–Crippen MR) is 29.8 cm³/mol. The second kappa shape index (κ2) is 15.7. The van der Waals surface area contributed by atoms with Gasteiger partial charge < -0.3 is 4.39 Å². The summed E-state index contributed by atoms with van der Waals surface area (Å²) in [6.45, 7) is 6.81. The smallest absolute Gasteiger partial charge is 0.0379 e. The standard InChI is InChI=1S/C3H9Si.CH2F.Y/c1-4(2)3;1-2;/h1-3H3;1H2;/q;-1;. The molecule has 0 aromatic carbocycles. The first-order valence-corrected chi connectivity index (χ1v) is 4.77. The van der Waals surface area contributed by atoms with E-state index in [0.717, 1.165) is 0 Å². The molecule has 0 saturated carbocycles. The molecule has 42 valence electrons. The molecule has 0 aliphatic rings. The molecule has 2 radical (unpaired) electrons. The van der Waals surface area contributed by atoms with Crippen molar-refractivity contribution in [3.05, 3.63) is 7.18 Å². The second-order valence-electron chi connectivity index (χ2n) is 1.50. The Labute approximate surface area is 72.4 Å². The van der Waals surface area contributed by atoms with Crippen molar-refractivity contribution in [1.82, 2.24) is 0 Å². The molecule has 0 atom stereocenters. The van der Waals surface area contributed by atoms with E-state index in [-0.39, 0.29) is 41.5 Å². The summed E-state index contributed by atoms with van der Waals surface area (Å²) in [7, 11) is 1.87. The minimum absolute atomic E-state index is 0. The van der Waals surface area contributed by atoms with E-state index in [2.05, 4.69) is 19.6 Å². The zero-order valence-corrected chi connectivity index (χ0v) is 9.00. The van der Waals surface area contributed by atoms with Gasteiger partial charge >= 0.3 is 0 Å². The maximum atomic E-state index is 9.25. The fourth-order valence-electron chi connectivity index (χ4n) is 0. The zero-order valence-electron chi connectivity index (χ0n) is 5.16. The Morgan fingerprint density at radius 1 is 1.14 bits per heavy atom. The minimum atomic E-state index is 0. The van der Waals surface area contributed by atoms with E-state index in [1.165, 1.54) is 0 Å². The monoisotopic (exact) mass is 195 g/mol. The van der Waals surface area contributed by atoms with E-state index in [0.29, 0.717) is 0 Å². The maximum absolute atomic E-state index is 9.25. The van der Waals surface area contributed by atoms with E-state index in [1.807, 2.05) is 0 Å². The van der Waals surface area contributed by atoms with E-state index in [4.69, 9.17) is 0 Å². The van der Waals surface area contributed by atoms with E-state index >= 15 is 0 Å². The summed E-state index contributed by atoms with van der Waals surface area (Å²) in [4.78, 5) is 0. The third-order valence-electron chi connectivity index (χ3n) is 0. The topological polar surface area (TPSA) is 0 Å². The van der Waals surface area contributed by atoms with Crippen LogP contribution in [0.5, 0.6) is 0 Å². The average molecular weight is 195 g/mol. The van der Waals surface area contributed by atoms with E-state index in [1.54, 1.807) is 7.18 Å². The molecule has 0 N–H and O–H groups in total. The molecule has 0 fully saturated rings. The fraction of sp³-hybridized carbons (Fsp3) is 0.750. The van der Waals surface area contributed by atoms with Crippen LogP contribution in [-0.4, -0.2) is 8.80 Å². The van der Waals surface area contributed by atoms with Crippen molar-refractivity contribution < 1.29 is 37.1 Å². The van der Waals surface area contributed by atoms with Gasteiger partial charge in [-0.25, -0.2) is 0 Å². The molecule has 0 heterocycles. The largest absolute Gasteiger partial charge is 0.463 e. The van der Waals surface area contributed by atoms with Crippen molar-refractivity contribution in [2.24, 2.45) is 0 Å². The molecular formula is C4H11FSiY-. The molecule has 0 spiro atoms. The summed E-state index contributed by atoms with van der Waals surface area (Å²) in [6, 6.07) is 0. The summed E-state index contributed by atoms with van der Waals surface area (Å²) >= 11 is 0. The molecular weight excluding hydrogens is 184 g/mol. The first kappa shape index (κ1) is 15.7. The first-order chi connectivity index (χ1) is 2.73. The van der Waals surface area contributed by atoms with Crippen molar-refractivity contribution in [1.29, 1.82) is 0 Å². The van der Waals surface area contributed by atoms with Crippen LogP contribution in [0.4, 0.5) is 4.39 Å². The van der Waals surface area contributed by atoms with Crippen molar-refractivity contribution in [2.45, 2.75) is 19.6 Å². The summed E-state index contributed by atoms with van der Waals surface area (Å²) in [5, 5.41) is 0. The third-order valence-corrected chi connectivity index (χ3v) is 0. The van der Waals surface area contributed by atoms with Crippen LogP contribution in [0.15, 0.2) is 0 Å². The van der Waals surface area contributed by atoms with Crippen molar-refractivity contribution in [3.8, 4) is 0 Å². The van der Waals surface area contributed by atoms with Crippen molar-refractivity contribution in [2.75, 3.05) is 0 Å². The molecule has 0 aromatic heterocycles. The fourth-order valence-corrected chi connectivity index (χ4v) is 0. The van der Waals surface area contributed by atoms with Gasteiger partial charge in [0.1, 0.15) is 0 Å². The van der Waals surface area contributed by atoms with Gasteiger partial charge in [0.2, 0.25) is 0 Å². The van der Waals surface area contributed by atoms with Gasteiger partial charge in [-0.05, 0) is 0 Å². The van der Waals surface area contributed by atoms with Crippen LogP contribution < -0.4 is 0 Å². The average Bonchev–Trinajstić information content (AvgIpc) is 1.41. The van der Waals surface area contributed by atoms with Crippen LogP contribution in [0.1, 0.15) is 0 Å². The van der Waals surface area contributed by atoms with Gasteiger partial charge in [0.05, 0.1) is 0 Å². The number of halogens is 1. The van der Waals surface area contributed by atoms with Crippen LogP contribution in [-0.2, 0) is 32.7 Å². The number of rotatable bonds is 0. The van der Waals surface area contributed by atoms with Crippen LogP contribution in [0.3, 0.4) is 0 Å². The molecule has 0 aliphatic carbocycles. The molecule has 0 unspecified atom stereocenters. The summed E-state index contributed by atoms with van der Waals surface area (Å²) < 4.78 is 9.25. The van der Waals surface area contributed by atoms with Crippen molar-refractivity contribution in [3.63, 3.8) is 0 Å². The summed E-state index contributed by atoms with van der Waals surface area (Å²) in [5.74, 6) is 0. The van der Waals surface area contributed by atoms with Gasteiger partial charge in [0.25, 0.3) is 0 Å². The predicted octanol–water partition coefficient (Wildman–Crippen LogP) is 2.12. The number of hydrogen-bond acceptors (Lipinski definition) is 0. The normalized spacial score (nSPS) is 6.00. The Hall–Kier alpha value is 1.25. The molecule has 0 nitrogen and oxygen atoms in total. The van der Waals surface area contributed by atoms with Crippen LogP contribution in [0.25, 0.3) is 0 Å². The van der Waals surface area contributed by atoms with Gasteiger partial charge in [0.15, 0.2) is 0 Å². The summed E-state index contributed by atoms with van der Waals surface area (Å²) in [5.41, 5.74) is 0. The summed E-state index contributed by atoms with van der Waals surface area (Å²) in [6.07, 6.45) is 0. The Morgan fingerprint density at radius 3 is 1.14 bits per heavy atom. The minimum Gasteiger partial charge on any atom is -0.463 e. The maximum Gasteiger partial charge on any atom is 0.0379 e. The van der Waals surface area contributed by atoms with Gasteiger partial charge in [-0.2, -0.15) is 7.18 Å². The molecule has 3 heteroatoms.